The average Bonchev–Trinajstić information content (AvgIpc) is 2.99. The highest BCUT2D eigenvalue weighted by molar-refractivity contribution is 5.87. The molecule has 0 aliphatic rings. The molecule has 1 aromatic carbocycles. The smallest absolute Gasteiger partial charge is 0.335 e. The van der Waals surface area contributed by atoms with Crippen molar-refractivity contribution in [2.45, 2.75) is 45.8 Å². The van der Waals surface area contributed by atoms with E-state index in [1.165, 1.54) is 12.1 Å². The van der Waals surface area contributed by atoms with E-state index in [0.717, 1.165) is 49.4 Å². The van der Waals surface area contributed by atoms with Crippen LogP contribution >= 0.6 is 0 Å². The zero-order valence-corrected chi connectivity index (χ0v) is 16.3. The van der Waals surface area contributed by atoms with E-state index >= 15 is 0 Å². The number of imidazole rings is 1. The van der Waals surface area contributed by atoms with Crippen LogP contribution in [-0.2, 0) is 13.2 Å². The summed E-state index contributed by atoms with van der Waals surface area (Å²) in [5, 5.41) is 17.9. The Labute approximate surface area is 165 Å². The SMILES string of the molecule is C=C/C=C\c1c(C)nc(COc2ccc(C(=O)O)cc2)n1CCCCCCO. The standard InChI is InChI=1S/C22H28N2O4/c1-3-4-9-20-17(2)23-21(24(20)14-7-5-6-8-15-25)16-28-19-12-10-18(11-13-19)22(26)27/h3-4,9-13,25H,1,5-8,14-16H2,2H3,(H,26,27)/b9-4-. The number of unbranched alkanes of at least 4 members (excludes halogenated alkanes) is 3. The lowest BCUT2D eigenvalue weighted by Crippen LogP contribution is -2.09. The molecule has 0 bridgehead atoms. The van der Waals surface area contributed by atoms with Crippen molar-refractivity contribution in [3.63, 3.8) is 0 Å². The van der Waals surface area contributed by atoms with E-state index in [4.69, 9.17) is 14.9 Å². The molecule has 0 radical (unpaired) electrons. The summed E-state index contributed by atoms with van der Waals surface area (Å²) < 4.78 is 7.98. The number of aliphatic hydroxyl groups is 1. The van der Waals surface area contributed by atoms with Crippen molar-refractivity contribution in [1.82, 2.24) is 9.55 Å². The van der Waals surface area contributed by atoms with Gasteiger partial charge in [0.15, 0.2) is 0 Å². The molecule has 0 aliphatic heterocycles. The minimum absolute atomic E-state index is 0.226. The fourth-order valence-electron chi connectivity index (χ4n) is 2.95. The molecule has 0 atom stereocenters. The molecule has 0 unspecified atom stereocenters. The van der Waals surface area contributed by atoms with Crippen molar-refractivity contribution in [3.8, 4) is 5.75 Å². The zero-order chi connectivity index (χ0) is 20.4. The number of aliphatic hydroxyl groups excluding tert-OH is 1. The lowest BCUT2D eigenvalue weighted by atomic mass is 10.2. The van der Waals surface area contributed by atoms with Crippen LogP contribution in [0.3, 0.4) is 0 Å². The first kappa shape index (κ1) is 21.4. The second-order valence-electron chi connectivity index (χ2n) is 6.50. The van der Waals surface area contributed by atoms with Crippen LogP contribution in [-0.4, -0.2) is 32.3 Å². The number of carboxylic acid groups (broad SMARTS) is 1. The molecule has 2 rings (SSSR count). The van der Waals surface area contributed by atoms with Crippen molar-refractivity contribution in [1.29, 1.82) is 0 Å². The molecular formula is C22H28N2O4. The zero-order valence-electron chi connectivity index (χ0n) is 16.3. The van der Waals surface area contributed by atoms with Crippen molar-refractivity contribution in [2.24, 2.45) is 0 Å². The first-order chi connectivity index (χ1) is 13.6. The number of rotatable bonds is 12. The van der Waals surface area contributed by atoms with Gasteiger partial charge in [0, 0.05) is 13.2 Å². The Bertz CT molecular complexity index is 807. The maximum Gasteiger partial charge on any atom is 0.335 e. The number of benzene rings is 1. The third kappa shape index (κ3) is 6.09. The average molecular weight is 384 g/mol. The van der Waals surface area contributed by atoms with Crippen LogP contribution in [0, 0.1) is 6.92 Å². The second-order valence-corrected chi connectivity index (χ2v) is 6.50. The predicted molar refractivity (Wildman–Crippen MR) is 109 cm³/mol. The highest BCUT2D eigenvalue weighted by Gasteiger charge is 2.13. The van der Waals surface area contributed by atoms with Gasteiger partial charge in [-0.15, -0.1) is 0 Å². The summed E-state index contributed by atoms with van der Waals surface area (Å²) in [5.74, 6) is 0.464. The minimum Gasteiger partial charge on any atom is -0.486 e. The van der Waals surface area contributed by atoms with Crippen LogP contribution < -0.4 is 4.74 Å². The van der Waals surface area contributed by atoms with E-state index in [1.54, 1.807) is 18.2 Å². The molecule has 0 saturated carbocycles. The van der Waals surface area contributed by atoms with Gasteiger partial charge in [-0.05, 0) is 50.1 Å². The number of aryl methyl sites for hydroxylation is 1. The number of carbonyl (C=O) groups is 1. The van der Waals surface area contributed by atoms with Gasteiger partial charge in [-0.1, -0.05) is 31.6 Å². The summed E-state index contributed by atoms with van der Waals surface area (Å²) in [7, 11) is 0. The molecule has 0 saturated heterocycles. The van der Waals surface area contributed by atoms with Crippen LogP contribution in [0.15, 0.2) is 43.0 Å². The highest BCUT2D eigenvalue weighted by Crippen LogP contribution is 2.19. The first-order valence-electron chi connectivity index (χ1n) is 9.49. The normalized spacial score (nSPS) is 11.1. The van der Waals surface area contributed by atoms with E-state index in [-0.39, 0.29) is 12.2 Å². The number of aromatic nitrogens is 2. The molecular weight excluding hydrogens is 356 g/mol. The third-order valence-corrected chi connectivity index (χ3v) is 4.42. The maximum absolute atomic E-state index is 10.9. The van der Waals surface area contributed by atoms with Crippen LogP contribution in [0.25, 0.3) is 6.08 Å². The van der Waals surface area contributed by atoms with Crippen molar-refractivity contribution < 1.29 is 19.7 Å². The molecule has 28 heavy (non-hydrogen) atoms. The first-order valence-corrected chi connectivity index (χ1v) is 9.49. The number of hydrogen-bond donors (Lipinski definition) is 2. The topological polar surface area (TPSA) is 84.6 Å². The van der Waals surface area contributed by atoms with Gasteiger partial charge in [0.25, 0.3) is 0 Å². The van der Waals surface area contributed by atoms with E-state index in [1.807, 2.05) is 19.1 Å². The molecule has 0 fully saturated rings. The molecule has 1 aromatic heterocycles. The maximum atomic E-state index is 10.9. The number of ether oxygens (including phenoxy) is 1. The predicted octanol–water partition coefficient (Wildman–Crippen LogP) is 4.22. The number of aromatic carboxylic acids is 1. The van der Waals surface area contributed by atoms with Crippen molar-refractivity contribution in [3.05, 3.63) is 65.8 Å². The molecule has 150 valence electrons. The summed E-state index contributed by atoms with van der Waals surface area (Å²) >= 11 is 0. The summed E-state index contributed by atoms with van der Waals surface area (Å²) in [5.41, 5.74) is 2.18. The van der Waals surface area contributed by atoms with E-state index in [2.05, 4.69) is 16.1 Å². The van der Waals surface area contributed by atoms with Gasteiger partial charge in [-0.3, -0.25) is 0 Å². The van der Waals surface area contributed by atoms with Gasteiger partial charge in [-0.2, -0.15) is 0 Å². The summed E-state index contributed by atoms with van der Waals surface area (Å²) in [6.07, 6.45) is 9.48. The molecule has 2 aromatic rings. The molecule has 6 nitrogen and oxygen atoms in total. The molecule has 0 spiro atoms. The third-order valence-electron chi connectivity index (χ3n) is 4.42. The molecule has 2 N–H and O–H groups in total. The summed E-state index contributed by atoms with van der Waals surface area (Å²) in [6.45, 7) is 7.05. The quantitative estimate of drug-likeness (QED) is 0.423. The minimum atomic E-state index is -0.961. The van der Waals surface area contributed by atoms with E-state index in [0.29, 0.717) is 12.4 Å². The Morgan fingerprint density at radius 1 is 1.21 bits per heavy atom. The second kappa shape index (κ2) is 11.1. The van der Waals surface area contributed by atoms with Gasteiger partial charge >= 0.3 is 5.97 Å². The summed E-state index contributed by atoms with van der Waals surface area (Å²) in [4.78, 5) is 15.6. The van der Waals surface area contributed by atoms with Crippen LogP contribution in [0.1, 0.15) is 53.3 Å². The van der Waals surface area contributed by atoms with Crippen LogP contribution in [0.2, 0.25) is 0 Å². The Morgan fingerprint density at radius 2 is 1.93 bits per heavy atom. The Balaban J connectivity index is 2.11. The van der Waals surface area contributed by atoms with E-state index in [9.17, 15) is 4.79 Å². The van der Waals surface area contributed by atoms with Crippen LogP contribution in [0.5, 0.6) is 5.75 Å². The largest absolute Gasteiger partial charge is 0.486 e. The van der Waals surface area contributed by atoms with Crippen molar-refractivity contribution in [2.75, 3.05) is 6.61 Å². The molecule has 1 heterocycles. The monoisotopic (exact) mass is 384 g/mol. The van der Waals surface area contributed by atoms with Gasteiger partial charge < -0.3 is 19.5 Å². The molecule has 0 aliphatic carbocycles. The lowest BCUT2D eigenvalue weighted by molar-refractivity contribution is 0.0697. The summed E-state index contributed by atoms with van der Waals surface area (Å²) in [6, 6.07) is 6.34. The Morgan fingerprint density at radius 3 is 2.57 bits per heavy atom. The van der Waals surface area contributed by atoms with E-state index < -0.39 is 5.97 Å². The number of hydrogen-bond acceptors (Lipinski definition) is 4. The van der Waals surface area contributed by atoms with Gasteiger partial charge in [0.2, 0.25) is 0 Å². The van der Waals surface area contributed by atoms with Gasteiger partial charge in [0.1, 0.15) is 18.2 Å². The number of nitrogens with zero attached hydrogens (tertiary/aromatic N) is 2. The van der Waals surface area contributed by atoms with Crippen LogP contribution in [0.4, 0.5) is 0 Å². The number of allylic oxidation sites excluding steroid dienone is 2. The molecule has 0 amide bonds. The number of carboxylic acids is 1. The Hall–Kier alpha value is -2.86. The fraction of sp³-hybridized carbons (Fsp3) is 0.364. The molecule has 6 heteroatoms. The van der Waals surface area contributed by atoms with Gasteiger partial charge in [0.05, 0.1) is 17.0 Å². The fourth-order valence-corrected chi connectivity index (χ4v) is 2.95. The highest BCUT2D eigenvalue weighted by atomic mass is 16.5. The van der Waals surface area contributed by atoms with Crippen molar-refractivity contribution >= 4 is 12.0 Å². The van der Waals surface area contributed by atoms with Gasteiger partial charge in [-0.25, -0.2) is 9.78 Å². The Kier molecular flexibility index (Phi) is 8.49. The lowest BCUT2D eigenvalue weighted by Gasteiger charge is -2.12.